The molecule has 0 aromatic carbocycles. The molecule has 1 amide bonds. The zero-order valence-corrected chi connectivity index (χ0v) is 49.8. The number of unbranched alkanes of at least 4 members (excludes halogenated alkanes) is 45. The summed E-state index contributed by atoms with van der Waals surface area (Å²) in [5.41, 5.74) is 0. The predicted molar refractivity (Wildman–Crippen MR) is 324 cm³/mol. The summed E-state index contributed by atoms with van der Waals surface area (Å²) < 4.78 is 5.48. The van der Waals surface area contributed by atoms with E-state index in [2.05, 4.69) is 55.6 Å². The van der Waals surface area contributed by atoms with Crippen molar-refractivity contribution in [2.45, 2.75) is 373 Å². The quantitative estimate of drug-likeness (QED) is 0.0320. The number of nitrogens with one attached hydrogen (secondary N) is 1. The molecule has 74 heavy (non-hydrogen) atoms. The Balaban J connectivity index is 3.43. The minimum Gasteiger partial charge on any atom is -0.466 e. The van der Waals surface area contributed by atoms with E-state index in [4.69, 9.17) is 4.74 Å². The molecule has 0 aromatic heterocycles. The Morgan fingerprint density at radius 2 is 0.676 bits per heavy atom. The van der Waals surface area contributed by atoms with Gasteiger partial charge in [0.1, 0.15) is 0 Å². The maximum atomic E-state index is 12.5. The summed E-state index contributed by atoms with van der Waals surface area (Å²) in [5, 5.41) is 23.3. The zero-order chi connectivity index (χ0) is 53.6. The number of hydrogen-bond acceptors (Lipinski definition) is 5. The van der Waals surface area contributed by atoms with E-state index in [1.807, 2.05) is 0 Å². The van der Waals surface area contributed by atoms with Gasteiger partial charge in [0.25, 0.3) is 0 Å². The number of hydrogen-bond donors (Lipinski definition) is 3. The molecule has 2 atom stereocenters. The first kappa shape index (κ1) is 72.1. The van der Waals surface area contributed by atoms with Crippen molar-refractivity contribution in [3.63, 3.8) is 0 Å². The Morgan fingerprint density at radius 1 is 0.378 bits per heavy atom. The van der Waals surface area contributed by atoms with E-state index in [1.165, 1.54) is 276 Å². The van der Waals surface area contributed by atoms with Crippen molar-refractivity contribution >= 4 is 11.9 Å². The van der Waals surface area contributed by atoms with Crippen molar-refractivity contribution in [3.05, 3.63) is 36.5 Å². The van der Waals surface area contributed by atoms with Crippen LogP contribution in [0.5, 0.6) is 0 Å². The number of esters is 1. The van der Waals surface area contributed by atoms with Crippen LogP contribution in [0, 0.1) is 0 Å². The number of ether oxygens (including phenoxy) is 1. The summed E-state index contributed by atoms with van der Waals surface area (Å²) in [7, 11) is 0. The van der Waals surface area contributed by atoms with Gasteiger partial charge < -0.3 is 20.3 Å². The first-order chi connectivity index (χ1) is 36.5. The topological polar surface area (TPSA) is 95.9 Å². The minimum absolute atomic E-state index is 0.00138. The number of carbonyl (C=O) groups is 2. The monoisotopic (exact) mass is 1040 g/mol. The Labute approximate surface area is 462 Å². The molecule has 0 aromatic rings. The van der Waals surface area contributed by atoms with Gasteiger partial charge in [0.05, 0.1) is 25.4 Å². The molecule has 3 N–H and O–H groups in total. The highest BCUT2D eigenvalue weighted by molar-refractivity contribution is 5.76. The Morgan fingerprint density at radius 3 is 1.04 bits per heavy atom. The average Bonchev–Trinajstić information content (AvgIpc) is 3.40. The zero-order valence-electron chi connectivity index (χ0n) is 49.8. The predicted octanol–water partition coefficient (Wildman–Crippen LogP) is 21.1. The number of rotatable bonds is 62. The van der Waals surface area contributed by atoms with Crippen LogP contribution in [0.2, 0.25) is 0 Å². The van der Waals surface area contributed by atoms with Gasteiger partial charge >= 0.3 is 5.97 Å². The fourth-order valence-electron chi connectivity index (χ4n) is 10.3. The van der Waals surface area contributed by atoms with E-state index in [0.29, 0.717) is 25.9 Å². The molecule has 0 radical (unpaired) electrons. The third-order valence-electron chi connectivity index (χ3n) is 15.4. The first-order valence-electron chi connectivity index (χ1n) is 33.2. The van der Waals surface area contributed by atoms with Gasteiger partial charge in [0, 0.05) is 12.8 Å². The van der Waals surface area contributed by atoms with Gasteiger partial charge in [-0.25, -0.2) is 0 Å². The van der Waals surface area contributed by atoms with Crippen LogP contribution in [0.15, 0.2) is 36.5 Å². The van der Waals surface area contributed by atoms with Crippen LogP contribution < -0.4 is 5.32 Å². The molecule has 436 valence electrons. The smallest absolute Gasteiger partial charge is 0.305 e. The number of aliphatic hydroxyl groups is 2. The SMILES string of the molecule is CCCCCCCC/C=C\CCCCCCCC(=O)OCCCCCCCCCCC/C=C\C/C=C\CCCCCCCCCCCC(=O)NC(CO)C(O)CCCCCCCCCCCCCCCCCCC. The summed E-state index contributed by atoms with van der Waals surface area (Å²) >= 11 is 0. The number of carbonyl (C=O) groups excluding carboxylic acids is 2. The van der Waals surface area contributed by atoms with E-state index in [1.54, 1.807) is 0 Å². The highest BCUT2D eigenvalue weighted by Gasteiger charge is 2.20. The fourth-order valence-corrected chi connectivity index (χ4v) is 10.3. The van der Waals surface area contributed by atoms with Crippen molar-refractivity contribution in [2.24, 2.45) is 0 Å². The lowest BCUT2D eigenvalue weighted by Gasteiger charge is -2.22. The molecule has 0 saturated heterocycles. The van der Waals surface area contributed by atoms with Crippen molar-refractivity contribution in [1.82, 2.24) is 5.32 Å². The molecule has 0 aliphatic carbocycles. The molecule has 0 spiro atoms. The van der Waals surface area contributed by atoms with Gasteiger partial charge in [-0.1, -0.05) is 301 Å². The van der Waals surface area contributed by atoms with E-state index in [0.717, 1.165) is 51.4 Å². The lowest BCUT2D eigenvalue weighted by molar-refractivity contribution is -0.143. The Hall–Kier alpha value is -1.92. The van der Waals surface area contributed by atoms with Crippen molar-refractivity contribution in [2.75, 3.05) is 13.2 Å². The molecular weight excluding hydrogens is 911 g/mol. The summed E-state index contributed by atoms with van der Waals surface area (Å²) in [6.45, 7) is 4.96. The van der Waals surface area contributed by atoms with Gasteiger partial charge in [-0.2, -0.15) is 0 Å². The van der Waals surface area contributed by atoms with E-state index < -0.39 is 12.1 Å². The van der Waals surface area contributed by atoms with Gasteiger partial charge in [-0.3, -0.25) is 9.59 Å². The molecule has 2 unspecified atom stereocenters. The molecule has 0 aliphatic heterocycles. The van der Waals surface area contributed by atoms with Gasteiger partial charge in [0.15, 0.2) is 0 Å². The highest BCUT2D eigenvalue weighted by Crippen LogP contribution is 2.18. The van der Waals surface area contributed by atoms with Crippen LogP contribution >= 0.6 is 0 Å². The fraction of sp³-hybridized carbons (Fsp3) is 0.882. The molecule has 0 saturated carbocycles. The summed E-state index contributed by atoms with van der Waals surface area (Å²) in [4.78, 5) is 24.6. The van der Waals surface area contributed by atoms with Crippen molar-refractivity contribution < 1.29 is 24.5 Å². The molecule has 0 aliphatic rings. The molecule has 6 nitrogen and oxygen atoms in total. The van der Waals surface area contributed by atoms with Crippen LogP contribution in [0.3, 0.4) is 0 Å². The molecule has 6 heteroatoms. The molecule has 0 bridgehead atoms. The lowest BCUT2D eigenvalue weighted by atomic mass is 10.0. The Kier molecular flexibility index (Phi) is 62.0. The second-order valence-corrected chi connectivity index (χ2v) is 22.8. The normalized spacial score (nSPS) is 12.8. The number of allylic oxidation sites excluding steroid dienone is 6. The summed E-state index contributed by atoms with van der Waals surface area (Å²) in [6.07, 6.45) is 80.2. The van der Waals surface area contributed by atoms with Crippen LogP contribution in [0.25, 0.3) is 0 Å². The van der Waals surface area contributed by atoms with E-state index in [-0.39, 0.29) is 18.5 Å². The minimum atomic E-state index is -0.669. The largest absolute Gasteiger partial charge is 0.466 e. The Bertz CT molecular complexity index is 1200. The van der Waals surface area contributed by atoms with Gasteiger partial charge in [0.2, 0.25) is 5.91 Å². The maximum Gasteiger partial charge on any atom is 0.305 e. The van der Waals surface area contributed by atoms with Crippen molar-refractivity contribution in [1.29, 1.82) is 0 Å². The summed E-state index contributed by atoms with van der Waals surface area (Å²) in [5.74, 6) is -0.0374. The lowest BCUT2D eigenvalue weighted by Crippen LogP contribution is -2.45. The van der Waals surface area contributed by atoms with Crippen molar-refractivity contribution in [3.8, 4) is 0 Å². The number of aliphatic hydroxyl groups excluding tert-OH is 2. The third kappa shape index (κ3) is 59.3. The van der Waals surface area contributed by atoms with E-state index >= 15 is 0 Å². The highest BCUT2D eigenvalue weighted by atomic mass is 16.5. The van der Waals surface area contributed by atoms with Crippen LogP contribution in [-0.2, 0) is 14.3 Å². The van der Waals surface area contributed by atoms with Crippen LogP contribution in [0.4, 0.5) is 0 Å². The van der Waals surface area contributed by atoms with Crippen LogP contribution in [-0.4, -0.2) is 47.4 Å². The molecule has 0 rings (SSSR count). The molecular formula is C68H129NO5. The van der Waals surface area contributed by atoms with Crippen LogP contribution in [0.1, 0.15) is 361 Å². The van der Waals surface area contributed by atoms with Gasteiger partial charge in [-0.15, -0.1) is 0 Å². The first-order valence-corrected chi connectivity index (χ1v) is 33.2. The second kappa shape index (κ2) is 63.6. The standard InChI is InChI=1S/C68H129NO5/c1-3-5-7-9-11-13-15-17-19-29-33-36-40-44-48-52-56-60-66(71)65(64-70)69-67(72)61-57-53-49-45-41-37-34-30-27-25-23-21-20-22-24-26-28-31-35-39-43-47-51-55-59-63-74-68(73)62-58-54-50-46-42-38-32-18-16-14-12-10-8-6-4-2/h18,21-24,32,65-66,70-71H,3-17,19-20,25-31,33-64H2,1-2H3,(H,69,72)/b23-21-,24-22-,32-18-. The second-order valence-electron chi connectivity index (χ2n) is 22.8. The summed E-state index contributed by atoms with van der Waals surface area (Å²) in [6, 6.07) is -0.547. The molecule has 0 heterocycles. The third-order valence-corrected chi connectivity index (χ3v) is 15.4. The average molecular weight is 1040 g/mol. The van der Waals surface area contributed by atoms with E-state index in [9.17, 15) is 19.8 Å². The van der Waals surface area contributed by atoms with Gasteiger partial charge in [-0.05, 0) is 83.5 Å². The maximum absolute atomic E-state index is 12.5. The number of amides is 1. The molecule has 0 fully saturated rings.